The van der Waals surface area contributed by atoms with Crippen molar-refractivity contribution in [1.29, 1.82) is 0 Å². The van der Waals surface area contributed by atoms with E-state index in [1.54, 1.807) is 0 Å². The molecule has 1 N–H and O–H groups in total. The van der Waals surface area contributed by atoms with Crippen molar-refractivity contribution in [1.82, 2.24) is 4.72 Å². The molecule has 110 valence electrons. The first kappa shape index (κ1) is 18.4. The lowest BCUT2D eigenvalue weighted by Crippen LogP contribution is -2.48. The van der Waals surface area contributed by atoms with E-state index >= 15 is 0 Å². The van der Waals surface area contributed by atoms with Crippen molar-refractivity contribution in [2.75, 3.05) is 6.61 Å². The van der Waals surface area contributed by atoms with Gasteiger partial charge in [0.25, 0.3) is 0 Å². The molecule has 3 nitrogen and oxygen atoms in total. The van der Waals surface area contributed by atoms with Crippen molar-refractivity contribution in [2.45, 2.75) is 77.4 Å². The Hall–Kier alpha value is 0.447. The van der Waals surface area contributed by atoms with E-state index in [0.29, 0.717) is 6.61 Å². The van der Waals surface area contributed by atoms with E-state index in [0.717, 1.165) is 0 Å². The molecule has 0 amide bonds. The summed E-state index contributed by atoms with van der Waals surface area (Å²) < 4.78 is 20.9. The highest BCUT2D eigenvalue weighted by Gasteiger charge is 2.37. The zero-order valence-corrected chi connectivity index (χ0v) is 15.3. The van der Waals surface area contributed by atoms with E-state index in [-0.39, 0.29) is 15.8 Å². The van der Waals surface area contributed by atoms with Crippen molar-refractivity contribution >= 4 is 19.7 Å². The fourth-order valence-electron chi connectivity index (χ4n) is 0.943. The Kier molecular flexibility index (Phi) is 6.42. The number of rotatable bonds is 5. The number of hydrogen-bond donors (Lipinski definition) is 1. The lowest BCUT2D eigenvalue weighted by molar-refractivity contribution is 0.261. The molecule has 0 rings (SSSR count). The Morgan fingerprint density at radius 2 is 1.61 bits per heavy atom. The molecule has 0 aliphatic heterocycles. The highest BCUT2D eigenvalue weighted by Crippen LogP contribution is 2.36. The summed E-state index contributed by atoms with van der Waals surface area (Å²) in [5, 5.41) is 0.218. The molecular weight excluding hydrogens is 262 g/mol. The average molecular weight is 294 g/mol. The zero-order valence-electron chi connectivity index (χ0n) is 13.5. The van der Waals surface area contributed by atoms with E-state index in [2.05, 4.69) is 38.6 Å². The summed E-state index contributed by atoms with van der Waals surface area (Å²) in [6.07, 6.45) is 0. The maximum absolute atomic E-state index is 12.0. The van der Waals surface area contributed by atoms with Gasteiger partial charge in [-0.05, 0) is 45.8 Å². The second kappa shape index (κ2) is 6.26. The predicted octanol–water partition coefficient (Wildman–Crippen LogP) is 3.45. The summed E-state index contributed by atoms with van der Waals surface area (Å²) in [6.45, 7) is 19.7. The molecule has 0 aromatic carbocycles. The van der Waals surface area contributed by atoms with Gasteiger partial charge in [0.2, 0.25) is 0 Å². The van der Waals surface area contributed by atoms with Gasteiger partial charge in [0.15, 0.2) is 8.32 Å². The van der Waals surface area contributed by atoms with Crippen LogP contribution in [-0.2, 0) is 15.8 Å². The lowest BCUT2D eigenvalue weighted by atomic mass is 10.2. The summed E-state index contributed by atoms with van der Waals surface area (Å²) in [7, 11) is -1.70. The van der Waals surface area contributed by atoms with Crippen LogP contribution >= 0.6 is 0 Å². The Morgan fingerprint density at radius 1 is 1.17 bits per heavy atom. The zero-order chi connectivity index (χ0) is 14.8. The van der Waals surface area contributed by atoms with Crippen molar-refractivity contribution in [2.24, 2.45) is 0 Å². The van der Waals surface area contributed by atoms with Gasteiger partial charge in [0, 0.05) is 11.4 Å². The Labute approximate surface area is 118 Å². The van der Waals surface area contributed by atoms with Gasteiger partial charge in [0.05, 0.1) is 12.6 Å². The molecule has 0 aromatic heterocycles. The molecule has 0 heterocycles. The van der Waals surface area contributed by atoms with Crippen LogP contribution in [0.25, 0.3) is 0 Å². The number of nitrogens with one attached hydrogen (secondary N) is 1. The highest BCUT2D eigenvalue weighted by molar-refractivity contribution is 7.90. The van der Waals surface area contributed by atoms with E-state index in [1.165, 1.54) is 0 Å². The molecule has 5 heteroatoms. The molecule has 0 radical (unpaired) electrons. The minimum atomic E-state index is -1.70. The third-order valence-corrected chi connectivity index (χ3v) is 9.59. The van der Waals surface area contributed by atoms with Crippen LogP contribution in [0.2, 0.25) is 18.1 Å². The van der Waals surface area contributed by atoms with Gasteiger partial charge in [-0.2, -0.15) is 0 Å². The van der Waals surface area contributed by atoms with Crippen LogP contribution in [-0.4, -0.2) is 30.3 Å². The molecule has 0 aliphatic carbocycles. The molecule has 0 saturated carbocycles. The Bertz CT molecular complexity index is 259. The summed E-state index contributed by atoms with van der Waals surface area (Å²) in [5.41, 5.74) is 0. The highest BCUT2D eigenvalue weighted by atomic mass is 32.2. The third kappa shape index (κ3) is 6.06. The van der Waals surface area contributed by atoms with E-state index in [9.17, 15) is 4.55 Å². The topological polar surface area (TPSA) is 44.3 Å². The van der Waals surface area contributed by atoms with Crippen LogP contribution in [0, 0.1) is 0 Å². The molecular formula is C13H31NO2SSi. The molecule has 2 atom stereocenters. The summed E-state index contributed by atoms with van der Waals surface area (Å²) in [6, 6.07) is 0.110. The standard InChI is InChI=1S/C13H31NO2SSi/c1-11(14-17(15)12(2,3)4)10-16-18(8,9)13(5,6)7/h11,14H,10H2,1-9H3/t11-,17+/m1/s1. The van der Waals surface area contributed by atoms with Crippen molar-refractivity contribution < 1.29 is 8.98 Å². The molecule has 0 spiro atoms. The first-order chi connectivity index (χ1) is 7.77. The lowest BCUT2D eigenvalue weighted by Gasteiger charge is -2.37. The second-order valence-electron chi connectivity index (χ2n) is 7.47. The van der Waals surface area contributed by atoms with Crippen molar-refractivity contribution in [3.63, 3.8) is 0 Å². The van der Waals surface area contributed by atoms with Gasteiger partial charge in [-0.3, -0.25) is 0 Å². The Morgan fingerprint density at radius 3 is 1.94 bits per heavy atom. The second-order valence-corrected chi connectivity index (χ2v) is 14.3. The fraction of sp³-hybridized carbons (Fsp3) is 1.00. The van der Waals surface area contributed by atoms with Gasteiger partial charge < -0.3 is 8.98 Å². The predicted molar refractivity (Wildman–Crippen MR) is 83.6 cm³/mol. The fourth-order valence-corrected chi connectivity index (χ4v) is 2.83. The first-order valence-corrected chi connectivity index (χ1v) is 10.7. The van der Waals surface area contributed by atoms with E-state index in [4.69, 9.17) is 4.43 Å². The molecule has 0 aromatic rings. The Balaban J connectivity index is 4.24. The summed E-state index contributed by atoms with van der Waals surface area (Å²) >= 11 is -1.03. The third-order valence-electron chi connectivity index (χ3n) is 3.36. The largest absolute Gasteiger partial charge is 0.598 e. The van der Waals surface area contributed by atoms with Gasteiger partial charge in [-0.15, -0.1) is 4.72 Å². The molecule has 0 saturated heterocycles. The maximum Gasteiger partial charge on any atom is 0.192 e. The van der Waals surface area contributed by atoms with Crippen molar-refractivity contribution in [3.8, 4) is 0 Å². The van der Waals surface area contributed by atoms with Gasteiger partial charge in [-0.25, -0.2) is 0 Å². The van der Waals surface area contributed by atoms with Crippen LogP contribution in [0.3, 0.4) is 0 Å². The van der Waals surface area contributed by atoms with Crippen LogP contribution in [0.5, 0.6) is 0 Å². The molecule has 0 aliphatic rings. The quantitative estimate of drug-likeness (QED) is 0.624. The summed E-state index contributed by atoms with van der Waals surface area (Å²) in [4.78, 5) is 0. The minimum absolute atomic E-state index is 0.110. The molecule has 18 heavy (non-hydrogen) atoms. The maximum atomic E-state index is 12.0. The first-order valence-electron chi connectivity index (χ1n) is 6.59. The van der Waals surface area contributed by atoms with Gasteiger partial charge in [-0.1, -0.05) is 20.8 Å². The number of hydrogen-bond acceptors (Lipinski definition) is 3. The monoisotopic (exact) mass is 293 g/mol. The molecule has 0 unspecified atom stereocenters. The normalized spacial score (nSPS) is 17.7. The van der Waals surface area contributed by atoms with Crippen LogP contribution in [0.4, 0.5) is 0 Å². The van der Waals surface area contributed by atoms with Crippen LogP contribution in [0.1, 0.15) is 48.5 Å². The molecule has 0 fully saturated rings. The van der Waals surface area contributed by atoms with Gasteiger partial charge >= 0.3 is 0 Å². The van der Waals surface area contributed by atoms with Crippen molar-refractivity contribution in [3.05, 3.63) is 0 Å². The smallest absolute Gasteiger partial charge is 0.192 e. The van der Waals surface area contributed by atoms with Crippen LogP contribution in [0.15, 0.2) is 0 Å². The summed E-state index contributed by atoms with van der Waals surface area (Å²) in [5.74, 6) is 0. The average Bonchev–Trinajstić information content (AvgIpc) is 2.11. The SMILES string of the molecule is C[C@H](CO[Si](C)(C)C(C)(C)C)N[S@@+]([O-])C(C)(C)C. The van der Waals surface area contributed by atoms with Crippen LogP contribution < -0.4 is 4.72 Å². The van der Waals surface area contributed by atoms with Gasteiger partial charge in [0.1, 0.15) is 4.75 Å². The van der Waals surface area contributed by atoms with E-state index in [1.807, 2.05) is 27.7 Å². The minimum Gasteiger partial charge on any atom is -0.598 e. The molecule has 0 bridgehead atoms. The van der Waals surface area contributed by atoms with E-state index < -0.39 is 19.7 Å².